The van der Waals surface area contributed by atoms with Crippen molar-refractivity contribution >= 4 is 36.5 Å². The summed E-state index contributed by atoms with van der Waals surface area (Å²) < 4.78 is 0. The van der Waals surface area contributed by atoms with Crippen LogP contribution in [0.2, 0.25) is 0 Å². The van der Waals surface area contributed by atoms with Gasteiger partial charge in [0.05, 0.1) is 6.04 Å². The summed E-state index contributed by atoms with van der Waals surface area (Å²) in [5, 5.41) is 2.72. The first-order valence-corrected chi connectivity index (χ1v) is 8.70. The lowest BCUT2D eigenvalue weighted by molar-refractivity contribution is -0.127. The number of likely N-dealkylation sites (tertiary alicyclic amines) is 1. The van der Waals surface area contributed by atoms with E-state index in [1.54, 1.807) is 29.2 Å². The van der Waals surface area contributed by atoms with Crippen molar-refractivity contribution in [2.75, 3.05) is 13.1 Å². The van der Waals surface area contributed by atoms with Crippen LogP contribution in [0.15, 0.2) is 35.3 Å². The lowest BCUT2D eigenvalue weighted by Crippen LogP contribution is -2.49. The van der Waals surface area contributed by atoms with E-state index in [2.05, 4.69) is 10.3 Å². The molecule has 2 amide bonds. The van der Waals surface area contributed by atoms with Crippen molar-refractivity contribution in [1.29, 1.82) is 0 Å². The Bertz CT molecular complexity index is 664. The van der Waals surface area contributed by atoms with Gasteiger partial charge in [0.2, 0.25) is 5.91 Å². The van der Waals surface area contributed by atoms with Gasteiger partial charge in [0.15, 0.2) is 5.96 Å². The molecule has 0 spiro atoms. The molecule has 148 valence electrons. The number of halogens is 1. The van der Waals surface area contributed by atoms with Gasteiger partial charge in [-0.15, -0.1) is 12.4 Å². The van der Waals surface area contributed by atoms with Gasteiger partial charge in [-0.25, -0.2) is 0 Å². The lowest BCUT2D eigenvalue weighted by Gasteiger charge is -2.25. The minimum Gasteiger partial charge on any atom is -0.370 e. The number of carbonyl (C=O) groups is 3. The fourth-order valence-corrected chi connectivity index (χ4v) is 3.00. The molecule has 1 heterocycles. The number of aliphatic imine (C=N–C) groups is 1. The molecule has 8 nitrogen and oxygen atoms in total. The predicted octanol–water partition coefficient (Wildman–Crippen LogP) is 0.450. The third-order valence-corrected chi connectivity index (χ3v) is 4.30. The van der Waals surface area contributed by atoms with Gasteiger partial charge in [0.1, 0.15) is 12.3 Å². The van der Waals surface area contributed by atoms with Crippen LogP contribution in [0.25, 0.3) is 0 Å². The first-order valence-electron chi connectivity index (χ1n) is 8.70. The third kappa shape index (κ3) is 6.56. The second-order valence-electron chi connectivity index (χ2n) is 6.22. The van der Waals surface area contributed by atoms with Crippen LogP contribution in [0.1, 0.15) is 36.0 Å². The van der Waals surface area contributed by atoms with Crippen molar-refractivity contribution in [2.24, 2.45) is 16.5 Å². The van der Waals surface area contributed by atoms with Crippen LogP contribution in [-0.4, -0.2) is 54.1 Å². The van der Waals surface area contributed by atoms with Gasteiger partial charge >= 0.3 is 0 Å². The van der Waals surface area contributed by atoms with Gasteiger partial charge in [-0.05, 0) is 37.8 Å². The van der Waals surface area contributed by atoms with Crippen LogP contribution in [0.3, 0.4) is 0 Å². The van der Waals surface area contributed by atoms with E-state index >= 15 is 0 Å². The molecular formula is C18H26ClN5O3. The summed E-state index contributed by atoms with van der Waals surface area (Å²) in [7, 11) is 0. The van der Waals surface area contributed by atoms with E-state index in [0.29, 0.717) is 44.2 Å². The number of benzene rings is 1. The van der Waals surface area contributed by atoms with E-state index < -0.39 is 12.1 Å². The molecule has 0 aromatic heterocycles. The molecule has 1 aliphatic rings. The first kappa shape index (κ1) is 22.4. The zero-order chi connectivity index (χ0) is 18.9. The van der Waals surface area contributed by atoms with Gasteiger partial charge in [-0.3, -0.25) is 14.6 Å². The average Bonchev–Trinajstić information content (AvgIpc) is 3.13. The molecule has 27 heavy (non-hydrogen) atoms. The Morgan fingerprint density at radius 1 is 1.30 bits per heavy atom. The maximum Gasteiger partial charge on any atom is 0.254 e. The minimum absolute atomic E-state index is 0. The number of rotatable bonds is 8. The summed E-state index contributed by atoms with van der Waals surface area (Å²) in [6, 6.07) is 7.70. The van der Waals surface area contributed by atoms with Crippen LogP contribution in [-0.2, 0) is 9.59 Å². The van der Waals surface area contributed by atoms with E-state index in [1.807, 2.05) is 6.07 Å². The normalized spacial score (nSPS) is 16.7. The highest BCUT2D eigenvalue weighted by atomic mass is 35.5. The molecule has 1 aromatic carbocycles. The van der Waals surface area contributed by atoms with E-state index in [-0.39, 0.29) is 30.2 Å². The van der Waals surface area contributed by atoms with Crippen molar-refractivity contribution in [3.63, 3.8) is 0 Å². The second-order valence-corrected chi connectivity index (χ2v) is 6.22. The molecule has 0 saturated carbocycles. The van der Waals surface area contributed by atoms with Gasteiger partial charge in [0, 0.05) is 18.7 Å². The largest absolute Gasteiger partial charge is 0.370 e. The van der Waals surface area contributed by atoms with Gasteiger partial charge in [-0.2, -0.15) is 0 Å². The molecule has 0 bridgehead atoms. The number of aldehydes is 1. The van der Waals surface area contributed by atoms with E-state index in [9.17, 15) is 14.4 Å². The highest BCUT2D eigenvalue weighted by Crippen LogP contribution is 2.20. The summed E-state index contributed by atoms with van der Waals surface area (Å²) >= 11 is 0. The van der Waals surface area contributed by atoms with Crippen molar-refractivity contribution in [3.8, 4) is 0 Å². The number of hydrogen-bond donors (Lipinski definition) is 3. The predicted molar refractivity (Wildman–Crippen MR) is 106 cm³/mol. The Labute approximate surface area is 164 Å². The topological polar surface area (TPSA) is 131 Å². The smallest absolute Gasteiger partial charge is 0.254 e. The Kier molecular flexibility index (Phi) is 9.29. The number of nitrogens with two attached hydrogens (primary N) is 2. The molecule has 2 atom stereocenters. The van der Waals surface area contributed by atoms with Crippen LogP contribution in [0.4, 0.5) is 0 Å². The molecule has 0 aliphatic carbocycles. The number of nitrogens with zero attached hydrogens (tertiary/aromatic N) is 2. The second kappa shape index (κ2) is 11.2. The van der Waals surface area contributed by atoms with Crippen LogP contribution < -0.4 is 16.8 Å². The summed E-state index contributed by atoms with van der Waals surface area (Å²) in [6.07, 6.45) is 3.05. The molecule has 5 N–H and O–H groups in total. The fraction of sp³-hybridized carbons (Fsp3) is 0.444. The van der Waals surface area contributed by atoms with Crippen LogP contribution in [0, 0.1) is 0 Å². The molecule has 2 rings (SSSR count). The summed E-state index contributed by atoms with van der Waals surface area (Å²) in [5.41, 5.74) is 11.0. The molecule has 1 fully saturated rings. The maximum atomic E-state index is 12.6. The zero-order valence-corrected chi connectivity index (χ0v) is 15.9. The number of nitrogens with one attached hydrogen (secondary N) is 1. The highest BCUT2D eigenvalue weighted by Gasteiger charge is 2.35. The summed E-state index contributed by atoms with van der Waals surface area (Å²) in [5.74, 6) is -0.470. The summed E-state index contributed by atoms with van der Waals surface area (Å²) in [6.45, 7) is 0.923. The molecule has 9 heteroatoms. The number of guanidine groups is 1. The van der Waals surface area contributed by atoms with Crippen LogP contribution >= 0.6 is 12.4 Å². The van der Waals surface area contributed by atoms with Gasteiger partial charge in [-0.1, -0.05) is 18.2 Å². The Balaban J connectivity index is 0.00000364. The monoisotopic (exact) mass is 395 g/mol. The maximum absolute atomic E-state index is 12.6. The molecule has 1 aromatic rings. The van der Waals surface area contributed by atoms with Crippen molar-refractivity contribution in [3.05, 3.63) is 35.9 Å². The van der Waals surface area contributed by atoms with E-state index in [1.165, 1.54) is 0 Å². The highest BCUT2D eigenvalue weighted by molar-refractivity contribution is 5.98. The molecular weight excluding hydrogens is 370 g/mol. The van der Waals surface area contributed by atoms with Gasteiger partial charge in [0.25, 0.3) is 5.91 Å². The number of amides is 2. The van der Waals surface area contributed by atoms with Gasteiger partial charge < -0.3 is 26.5 Å². The lowest BCUT2D eigenvalue weighted by atomic mass is 10.1. The molecule has 0 radical (unpaired) electrons. The van der Waals surface area contributed by atoms with E-state index in [0.717, 1.165) is 6.42 Å². The SMILES string of the molecule is Cl.NC(N)=NCCC[C@@H](C=O)NC(=O)[C@@H]1CCCN1C(=O)c1ccccc1. The molecule has 0 unspecified atom stereocenters. The quantitative estimate of drug-likeness (QED) is 0.254. The Morgan fingerprint density at radius 2 is 2.00 bits per heavy atom. The first-order chi connectivity index (χ1) is 12.5. The average molecular weight is 396 g/mol. The standard InChI is InChI=1S/C18H25N5O3.ClH/c19-18(20)21-10-4-8-14(12-24)22-16(25)15-9-5-11-23(15)17(26)13-6-2-1-3-7-13;/h1-3,6-7,12,14-15H,4-5,8-11H2,(H,22,25)(H4,19,20,21);1H/t14-,15-;/m0./s1. The molecule has 1 aliphatic heterocycles. The molecule has 1 saturated heterocycles. The van der Waals surface area contributed by atoms with Crippen molar-refractivity contribution in [1.82, 2.24) is 10.2 Å². The fourth-order valence-electron chi connectivity index (χ4n) is 3.00. The van der Waals surface area contributed by atoms with Crippen molar-refractivity contribution < 1.29 is 14.4 Å². The van der Waals surface area contributed by atoms with Crippen molar-refractivity contribution in [2.45, 2.75) is 37.8 Å². The number of carbonyl (C=O) groups excluding carboxylic acids is 3. The van der Waals surface area contributed by atoms with E-state index in [4.69, 9.17) is 11.5 Å². The number of hydrogen-bond acceptors (Lipinski definition) is 4. The Morgan fingerprint density at radius 3 is 2.63 bits per heavy atom. The summed E-state index contributed by atoms with van der Waals surface area (Å²) in [4.78, 5) is 41.9. The van der Waals surface area contributed by atoms with Crippen LogP contribution in [0.5, 0.6) is 0 Å². The zero-order valence-electron chi connectivity index (χ0n) is 15.0. The third-order valence-electron chi connectivity index (χ3n) is 4.30. The Hall–Kier alpha value is -2.61. The minimum atomic E-state index is -0.619.